The van der Waals surface area contributed by atoms with E-state index in [9.17, 15) is 9.18 Å². The molecule has 25 heavy (non-hydrogen) atoms. The van der Waals surface area contributed by atoms with Gasteiger partial charge in [-0.15, -0.1) is 0 Å². The van der Waals surface area contributed by atoms with Crippen LogP contribution in [0.15, 0.2) is 42.5 Å². The summed E-state index contributed by atoms with van der Waals surface area (Å²) in [6, 6.07) is 11.7. The summed E-state index contributed by atoms with van der Waals surface area (Å²) < 4.78 is 13.7. The smallest absolute Gasteiger partial charge is 0.321 e. The summed E-state index contributed by atoms with van der Waals surface area (Å²) in [4.78, 5) is 16.2. The van der Waals surface area contributed by atoms with Crippen LogP contribution in [0.1, 0.15) is 5.56 Å². The fourth-order valence-electron chi connectivity index (χ4n) is 2.77. The maximum Gasteiger partial charge on any atom is 0.321 e. The number of benzene rings is 2. The molecule has 0 saturated carbocycles. The largest absolute Gasteiger partial charge is 0.322 e. The van der Waals surface area contributed by atoms with E-state index in [0.29, 0.717) is 54.0 Å². The Hall–Kier alpha value is -1.82. The molecule has 0 bridgehead atoms. The summed E-state index contributed by atoms with van der Waals surface area (Å²) in [6.07, 6.45) is 0. The van der Waals surface area contributed by atoms with E-state index >= 15 is 0 Å². The molecule has 2 amide bonds. The van der Waals surface area contributed by atoms with Crippen LogP contribution in [0.3, 0.4) is 0 Å². The summed E-state index contributed by atoms with van der Waals surface area (Å²) >= 11 is 12.1. The van der Waals surface area contributed by atoms with Gasteiger partial charge in [-0.05, 0) is 18.2 Å². The Balaban J connectivity index is 1.54. The fourth-order valence-corrected chi connectivity index (χ4v) is 3.12. The monoisotopic (exact) mass is 381 g/mol. The van der Waals surface area contributed by atoms with Gasteiger partial charge in [0.25, 0.3) is 0 Å². The Kier molecular flexibility index (Phi) is 5.78. The number of rotatable bonds is 3. The Morgan fingerprint density at radius 3 is 2.48 bits per heavy atom. The van der Waals surface area contributed by atoms with Crippen molar-refractivity contribution in [3.8, 4) is 0 Å². The first-order chi connectivity index (χ1) is 12.0. The molecule has 0 aliphatic carbocycles. The molecule has 0 radical (unpaired) electrons. The highest BCUT2D eigenvalue weighted by Crippen LogP contribution is 2.29. The van der Waals surface area contributed by atoms with Crippen molar-refractivity contribution in [2.24, 2.45) is 0 Å². The third-order valence-electron chi connectivity index (χ3n) is 4.20. The third kappa shape index (κ3) is 4.42. The van der Waals surface area contributed by atoms with Crippen LogP contribution >= 0.6 is 23.2 Å². The summed E-state index contributed by atoms with van der Waals surface area (Å²) in [5.41, 5.74) is 1.17. The van der Waals surface area contributed by atoms with Crippen molar-refractivity contribution in [3.05, 3.63) is 63.9 Å². The number of nitrogens with zero attached hydrogens (tertiary/aromatic N) is 2. The van der Waals surface area contributed by atoms with Gasteiger partial charge in [0, 0.05) is 38.3 Å². The van der Waals surface area contributed by atoms with Crippen molar-refractivity contribution in [2.45, 2.75) is 6.54 Å². The van der Waals surface area contributed by atoms with Crippen LogP contribution < -0.4 is 5.32 Å². The van der Waals surface area contributed by atoms with Crippen LogP contribution in [-0.4, -0.2) is 42.0 Å². The van der Waals surface area contributed by atoms with E-state index in [1.165, 1.54) is 6.07 Å². The van der Waals surface area contributed by atoms with E-state index in [1.807, 2.05) is 6.07 Å². The summed E-state index contributed by atoms with van der Waals surface area (Å²) in [5, 5.41) is 3.51. The van der Waals surface area contributed by atoms with Crippen molar-refractivity contribution in [3.63, 3.8) is 0 Å². The van der Waals surface area contributed by atoms with E-state index < -0.39 is 0 Å². The number of piperazine rings is 1. The molecule has 3 rings (SSSR count). The predicted molar refractivity (Wildman–Crippen MR) is 98.7 cm³/mol. The molecule has 1 aliphatic heterocycles. The zero-order valence-corrected chi connectivity index (χ0v) is 15.0. The highest BCUT2D eigenvalue weighted by Gasteiger charge is 2.22. The molecule has 0 unspecified atom stereocenters. The molecule has 0 atom stereocenters. The van der Waals surface area contributed by atoms with Gasteiger partial charge in [-0.1, -0.05) is 47.5 Å². The van der Waals surface area contributed by atoms with Gasteiger partial charge in [-0.3, -0.25) is 4.90 Å². The minimum Gasteiger partial charge on any atom is -0.322 e. The predicted octanol–water partition coefficient (Wildman–Crippen LogP) is 4.48. The lowest BCUT2D eigenvalue weighted by Crippen LogP contribution is -2.49. The quantitative estimate of drug-likeness (QED) is 0.850. The molecular formula is C18H18Cl2FN3O. The van der Waals surface area contributed by atoms with Gasteiger partial charge in [0.2, 0.25) is 0 Å². The van der Waals surface area contributed by atoms with Crippen molar-refractivity contribution in [1.29, 1.82) is 0 Å². The number of hydrogen-bond donors (Lipinski definition) is 1. The number of anilines is 1. The van der Waals surface area contributed by atoms with Crippen LogP contribution in [-0.2, 0) is 6.54 Å². The van der Waals surface area contributed by atoms with Gasteiger partial charge in [0.15, 0.2) is 0 Å². The maximum absolute atomic E-state index is 13.7. The SMILES string of the molecule is O=C(Nc1cccc(Cl)c1Cl)N1CCN(Cc2ccccc2F)CC1. The number of halogens is 3. The topological polar surface area (TPSA) is 35.6 Å². The van der Waals surface area contributed by atoms with Crippen molar-refractivity contribution >= 4 is 34.9 Å². The zero-order valence-electron chi connectivity index (χ0n) is 13.5. The molecule has 1 saturated heterocycles. The Morgan fingerprint density at radius 2 is 1.76 bits per heavy atom. The minimum absolute atomic E-state index is 0.196. The first kappa shape index (κ1) is 18.0. The van der Waals surface area contributed by atoms with Crippen molar-refractivity contribution in [2.75, 3.05) is 31.5 Å². The molecule has 1 heterocycles. The van der Waals surface area contributed by atoms with Gasteiger partial charge in [0.05, 0.1) is 15.7 Å². The molecule has 2 aromatic carbocycles. The third-order valence-corrected chi connectivity index (χ3v) is 5.02. The maximum atomic E-state index is 13.7. The molecule has 0 spiro atoms. The highest BCUT2D eigenvalue weighted by molar-refractivity contribution is 6.43. The van der Waals surface area contributed by atoms with E-state index in [1.54, 1.807) is 35.2 Å². The Bertz CT molecular complexity index is 764. The Labute approximate surface area is 156 Å². The number of carbonyl (C=O) groups is 1. The molecule has 1 N–H and O–H groups in total. The second-order valence-corrected chi connectivity index (χ2v) is 6.67. The number of amides is 2. The summed E-state index contributed by atoms with van der Waals surface area (Å²) in [7, 11) is 0. The van der Waals surface area contributed by atoms with Crippen molar-refractivity contribution < 1.29 is 9.18 Å². The summed E-state index contributed by atoms with van der Waals surface area (Å²) in [5.74, 6) is -0.196. The molecule has 0 aromatic heterocycles. The van der Waals surface area contributed by atoms with Gasteiger partial charge < -0.3 is 10.2 Å². The standard InChI is InChI=1S/C18H18Cl2FN3O/c19-14-5-3-7-16(17(14)20)22-18(25)24-10-8-23(9-11-24)12-13-4-1-2-6-15(13)21/h1-7H,8-12H2,(H,22,25). The molecule has 1 aliphatic rings. The first-order valence-corrected chi connectivity index (χ1v) is 8.76. The molecule has 4 nitrogen and oxygen atoms in total. The molecule has 2 aromatic rings. The van der Waals surface area contributed by atoms with Gasteiger partial charge in [-0.25, -0.2) is 9.18 Å². The van der Waals surface area contributed by atoms with Crippen molar-refractivity contribution in [1.82, 2.24) is 9.80 Å². The number of urea groups is 1. The summed E-state index contributed by atoms with van der Waals surface area (Å²) in [6.45, 7) is 3.05. The molecule has 132 valence electrons. The lowest BCUT2D eigenvalue weighted by molar-refractivity contribution is 0.142. The molecular weight excluding hydrogens is 364 g/mol. The zero-order chi connectivity index (χ0) is 17.8. The van der Waals surface area contributed by atoms with Crippen LogP contribution in [0.25, 0.3) is 0 Å². The second kappa shape index (κ2) is 8.04. The lowest BCUT2D eigenvalue weighted by atomic mass is 10.2. The first-order valence-electron chi connectivity index (χ1n) is 8.00. The number of nitrogens with one attached hydrogen (secondary N) is 1. The molecule has 1 fully saturated rings. The Morgan fingerprint density at radius 1 is 1.04 bits per heavy atom. The van der Waals surface area contributed by atoms with Gasteiger partial charge in [0.1, 0.15) is 5.82 Å². The average Bonchev–Trinajstić information content (AvgIpc) is 2.61. The van der Waals surface area contributed by atoms with Crippen LogP contribution in [0, 0.1) is 5.82 Å². The molecule has 7 heteroatoms. The second-order valence-electron chi connectivity index (χ2n) is 5.89. The van der Waals surface area contributed by atoms with E-state index in [4.69, 9.17) is 23.2 Å². The highest BCUT2D eigenvalue weighted by atomic mass is 35.5. The number of hydrogen-bond acceptors (Lipinski definition) is 2. The van der Waals surface area contributed by atoms with Crippen LogP contribution in [0.2, 0.25) is 10.0 Å². The number of carbonyl (C=O) groups excluding carboxylic acids is 1. The van der Waals surface area contributed by atoms with Gasteiger partial charge >= 0.3 is 6.03 Å². The van der Waals surface area contributed by atoms with E-state index in [2.05, 4.69) is 10.2 Å². The normalized spacial score (nSPS) is 15.2. The fraction of sp³-hybridized carbons (Fsp3) is 0.278. The minimum atomic E-state index is -0.213. The van der Waals surface area contributed by atoms with E-state index in [0.717, 1.165) is 0 Å². The lowest BCUT2D eigenvalue weighted by Gasteiger charge is -2.34. The van der Waals surface area contributed by atoms with Crippen LogP contribution in [0.4, 0.5) is 14.9 Å². The van der Waals surface area contributed by atoms with Crippen LogP contribution in [0.5, 0.6) is 0 Å². The average molecular weight is 382 g/mol. The van der Waals surface area contributed by atoms with Gasteiger partial charge in [-0.2, -0.15) is 0 Å². The van der Waals surface area contributed by atoms with E-state index in [-0.39, 0.29) is 11.8 Å².